The quantitative estimate of drug-likeness (QED) is 0.624. The highest BCUT2D eigenvalue weighted by Crippen LogP contribution is 2.28. The van der Waals surface area contributed by atoms with Gasteiger partial charge in [0.15, 0.2) is 6.61 Å². The molecule has 0 aliphatic carbocycles. The summed E-state index contributed by atoms with van der Waals surface area (Å²) in [4.78, 5) is 24.2. The van der Waals surface area contributed by atoms with Gasteiger partial charge in [-0.25, -0.2) is 0 Å². The molecule has 1 atom stereocenters. The average Bonchev–Trinajstić information content (AvgIpc) is 2.74. The van der Waals surface area contributed by atoms with Crippen molar-refractivity contribution in [2.45, 2.75) is 40.0 Å². The summed E-state index contributed by atoms with van der Waals surface area (Å²) in [6.45, 7) is 8.78. The number of carbonyl (C=O) groups is 2. The van der Waals surface area contributed by atoms with E-state index < -0.39 is 11.8 Å². The van der Waals surface area contributed by atoms with Gasteiger partial charge in [-0.15, -0.1) is 0 Å². The summed E-state index contributed by atoms with van der Waals surface area (Å²) in [7, 11) is 0. The lowest BCUT2D eigenvalue weighted by molar-refractivity contribution is -0.123. The molecule has 0 bridgehead atoms. The van der Waals surface area contributed by atoms with E-state index in [9.17, 15) is 9.59 Å². The molecule has 1 unspecified atom stereocenters. The van der Waals surface area contributed by atoms with E-state index in [-0.39, 0.29) is 6.61 Å². The second kappa shape index (κ2) is 11.1. The fourth-order valence-corrected chi connectivity index (χ4v) is 2.58. The minimum atomic E-state index is -0.436. The first kappa shape index (κ1) is 22.3. The highest BCUT2D eigenvalue weighted by molar-refractivity contribution is 5.95. The van der Waals surface area contributed by atoms with Crippen molar-refractivity contribution in [1.82, 2.24) is 10.9 Å². The lowest BCUT2D eigenvalue weighted by Gasteiger charge is -2.15. The minimum Gasteiger partial charge on any atom is -0.493 e. The van der Waals surface area contributed by atoms with E-state index in [2.05, 4.69) is 38.5 Å². The van der Waals surface area contributed by atoms with Crippen LogP contribution in [0.25, 0.3) is 0 Å². The summed E-state index contributed by atoms with van der Waals surface area (Å²) in [5.74, 6) is 1.30. The number of amides is 2. The molecule has 0 saturated heterocycles. The van der Waals surface area contributed by atoms with Crippen LogP contribution in [0.4, 0.5) is 0 Å². The Balaban J connectivity index is 1.81. The maximum Gasteiger partial charge on any atom is 0.276 e. The summed E-state index contributed by atoms with van der Waals surface area (Å²) in [6, 6.07) is 14.4. The lowest BCUT2D eigenvalue weighted by atomic mass is 9.98. The zero-order chi connectivity index (χ0) is 21.2. The molecule has 2 aromatic rings. The number of carbonyl (C=O) groups excluding carboxylic acids is 2. The molecule has 0 fully saturated rings. The van der Waals surface area contributed by atoms with Crippen LogP contribution >= 0.6 is 0 Å². The van der Waals surface area contributed by atoms with Crippen LogP contribution in [0.3, 0.4) is 0 Å². The Morgan fingerprint density at radius 3 is 2.28 bits per heavy atom. The van der Waals surface area contributed by atoms with Crippen LogP contribution in [0, 0.1) is 5.92 Å². The lowest BCUT2D eigenvalue weighted by Crippen LogP contribution is -2.43. The molecular formula is C23H30N2O4. The van der Waals surface area contributed by atoms with E-state index in [4.69, 9.17) is 9.47 Å². The Morgan fingerprint density at radius 2 is 1.62 bits per heavy atom. The molecule has 0 aliphatic rings. The first-order chi connectivity index (χ1) is 13.9. The molecule has 0 aliphatic heterocycles. The Labute approximate surface area is 172 Å². The molecule has 2 amide bonds. The van der Waals surface area contributed by atoms with E-state index in [0.717, 1.165) is 12.0 Å². The maximum atomic E-state index is 12.2. The second-order valence-corrected chi connectivity index (χ2v) is 7.37. The third-order valence-corrected chi connectivity index (χ3v) is 4.44. The standard InChI is InChI=1S/C23H30N2O4/c1-5-17(4)20-8-6-7-9-21(20)29-15-22(26)24-25-23(27)18-10-12-19(13-11-18)28-14-16(2)3/h6-13,16-17H,5,14-15H2,1-4H3,(H,24,26)(H,25,27). The van der Waals surface area contributed by atoms with Crippen molar-refractivity contribution in [2.75, 3.05) is 13.2 Å². The zero-order valence-corrected chi connectivity index (χ0v) is 17.5. The molecule has 0 spiro atoms. The van der Waals surface area contributed by atoms with Crippen LogP contribution in [-0.2, 0) is 4.79 Å². The van der Waals surface area contributed by atoms with Crippen molar-refractivity contribution >= 4 is 11.8 Å². The van der Waals surface area contributed by atoms with Crippen LogP contribution in [0.1, 0.15) is 56.0 Å². The number of hydrazine groups is 1. The second-order valence-electron chi connectivity index (χ2n) is 7.37. The fraction of sp³-hybridized carbons (Fsp3) is 0.391. The summed E-state index contributed by atoms with van der Waals surface area (Å²) >= 11 is 0. The maximum absolute atomic E-state index is 12.2. The van der Waals surface area contributed by atoms with E-state index in [0.29, 0.717) is 35.5 Å². The largest absolute Gasteiger partial charge is 0.493 e. The van der Waals surface area contributed by atoms with Crippen LogP contribution in [-0.4, -0.2) is 25.0 Å². The molecule has 0 radical (unpaired) electrons. The van der Waals surface area contributed by atoms with Gasteiger partial charge in [0.1, 0.15) is 11.5 Å². The Bertz CT molecular complexity index is 803. The SMILES string of the molecule is CCC(C)c1ccccc1OCC(=O)NNC(=O)c1ccc(OCC(C)C)cc1. The van der Waals surface area contributed by atoms with Crippen molar-refractivity contribution in [3.05, 3.63) is 59.7 Å². The Morgan fingerprint density at radius 1 is 0.931 bits per heavy atom. The van der Waals surface area contributed by atoms with Gasteiger partial charge in [0.2, 0.25) is 0 Å². The van der Waals surface area contributed by atoms with Crippen molar-refractivity contribution in [3.63, 3.8) is 0 Å². The van der Waals surface area contributed by atoms with Crippen LogP contribution < -0.4 is 20.3 Å². The monoisotopic (exact) mass is 398 g/mol. The molecule has 0 saturated carbocycles. The fourth-order valence-electron chi connectivity index (χ4n) is 2.58. The topological polar surface area (TPSA) is 76.7 Å². The molecular weight excluding hydrogens is 368 g/mol. The van der Waals surface area contributed by atoms with Crippen LogP contribution in [0.15, 0.2) is 48.5 Å². The van der Waals surface area contributed by atoms with Gasteiger partial charge in [-0.3, -0.25) is 20.4 Å². The predicted octanol–water partition coefficient (Wildman–Crippen LogP) is 4.07. The van der Waals surface area contributed by atoms with Gasteiger partial charge in [0, 0.05) is 5.56 Å². The molecule has 0 aromatic heterocycles. The highest BCUT2D eigenvalue weighted by Gasteiger charge is 2.12. The molecule has 6 heteroatoms. The minimum absolute atomic E-state index is 0.185. The van der Waals surface area contributed by atoms with Gasteiger partial charge >= 0.3 is 0 Å². The third kappa shape index (κ3) is 7.14. The first-order valence-corrected chi connectivity index (χ1v) is 9.94. The van der Waals surface area contributed by atoms with Crippen molar-refractivity contribution in [3.8, 4) is 11.5 Å². The van der Waals surface area contributed by atoms with Crippen molar-refractivity contribution < 1.29 is 19.1 Å². The molecule has 156 valence electrons. The van der Waals surface area contributed by atoms with Gasteiger partial charge in [-0.2, -0.15) is 0 Å². The normalized spacial score (nSPS) is 11.6. The number of ether oxygens (including phenoxy) is 2. The molecule has 2 N–H and O–H groups in total. The summed E-state index contributed by atoms with van der Waals surface area (Å²) in [5, 5.41) is 0. The first-order valence-electron chi connectivity index (χ1n) is 9.94. The van der Waals surface area contributed by atoms with E-state index in [1.807, 2.05) is 24.3 Å². The van der Waals surface area contributed by atoms with Crippen molar-refractivity contribution in [1.29, 1.82) is 0 Å². The number of hydrogen-bond donors (Lipinski definition) is 2. The van der Waals surface area contributed by atoms with Gasteiger partial charge in [-0.05, 0) is 54.2 Å². The van der Waals surface area contributed by atoms with Gasteiger partial charge in [-0.1, -0.05) is 45.9 Å². The third-order valence-electron chi connectivity index (χ3n) is 4.44. The Kier molecular flexibility index (Phi) is 8.52. The summed E-state index contributed by atoms with van der Waals surface area (Å²) in [6.07, 6.45) is 0.976. The number of para-hydroxylation sites is 1. The van der Waals surface area contributed by atoms with E-state index in [1.54, 1.807) is 24.3 Å². The summed E-state index contributed by atoms with van der Waals surface area (Å²) < 4.78 is 11.2. The van der Waals surface area contributed by atoms with Crippen LogP contribution in [0.2, 0.25) is 0 Å². The number of nitrogens with one attached hydrogen (secondary N) is 2. The Hall–Kier alpha value is -3.02. The number of rotatable bonds is 9. The van der Waals surface area contributed by atoms with E-state index in [1.165, 1.54) is 0 Å². The van der Waals surface area contributed by atoms with Gasteiger partial charge in [0.25, 0.3) is 11.8 Å². The van der Waals surface area contributed by atoms with Crippen LogP contribution in [0.5, 0.6) is 11.5 Å². The number of benzene rings is 2. The molecule has 6 nitrogen and oxygen atoms in total. The highest BCUT2D eigenvalue weighted by atomic mass is 16.5. The van der Waals surface area contributed by atoms with Gasteiger partial charge < -0.3 is 9.47 Å². The van der Waals surface area contributed by atoms with Gasteiger partial charge in [0.05, 0.1) is 6.61 Å². The number of hydrogen-bond acceptors (Lipinski definition) is 4. The molecule has 0 heterocycles. The zero-order valence-electron chi connectivity index (χ0n) is 17.5. The average molecular weight is 399 g/mol. The predicted molar refractivity (Wildman–Crippen MR) is 113 cm³/mol. The molecule has 2 rings (SSSR count). The smallest absolute Gasteiger partial charge is 0.276 e. The van der Waals surface area contributed by atoms with E-state index >= 15 is 0 Å². The molecule has 2 aromatic carbocycles. The molecule has 29 heavy (non-hydrogen) atoms. The van der Waals surface area contributed by atoms with Crippen molar-refractivity contribution in [2.24, 2.45) is 5.92 Å². The summed E-state index contributed by atoms with van der Waals surface area (Å²) in [5.41, 5.74) is 6.25.